The third-order valence-electron chi connectivity index (χ3n) is 4.74. The summed E-state index contributed by atoms with van der Waals surface area (Å²) in [5.41, 5.74) is 3.57. The van der Waals surface area contributed by atoms with Crippen LogP contribution in [0.3, 0.4) is 0 Å². The van der Waals surface area contributed by atoms with E-state index in [-0.39, 0.29) is 18.6 Å². The van der Waals surface area contributed by atoms with E-state index in [1.165, 1.54) is 5.56 Å². The van der Waals surface area contributed by atoms with Gasteiger partial charge in [0.05, 0.1) is 16.8 Å². The van der Waals surface area contributed by atoms with Crippen LogP contribution < -0.4 is 0 Å². The Morgan fingerprint density at radius 1 is 1.30 bits per heavy atom. The standard InChI is InChI=1S/C19H24N2O2/c1-13-6-7-15-12-17(14(2)20-18(15)11-13)19(23)21-9-4-3-5-16(21)8-10-22/h6-7,11-12,16,22H,3-5,8-10H2,1-2H3. The van der Waals surface area contributed by atoms with Crippen molar-refractivity contribution in [3.63, 3.8) is 0 Å². The van der Waals surface area contributed by atoms with E-state index >= 15 is 0 Å². The van der Waals surface area contributed by atoms with Gasteiger partial charge >= 0.3 is 0 Å². The molecule has 1 aliphatic rings. The molecule has 1 saturated heterocycles. The fraction of sp³-hybridized carbons (Fsp3) is 0.474. The Labute approximate surface area is 137 Å². The SMILES string of the molecule is Cc1ccc2cc(C(=O)N3CCCCC3CCO)c(C)nc2c1. The van der Waals surface area contributed by atoms with Gasteiger partial charge in [-0.05, 0) is 57.2 Å². The normalized spacial score (nSPS) is 18.4. The first kappa shape index (κ1) is 15.9. The number of likely N-dealkylation sites (tertiary alicyclic amines) is 1. The lowest BCUT2D eigenvalue weighted by molar-refractivity contribution is 0.0573. The van der Waals surface area contributed by atoms with Crippen molar-refractivity contribution in [2.75, 3.05) is 13.2 Å². The van der Waals surface area contributed by atoms with Crippen molar-refractivity contribution in [2.24, 2.45) is 0 Å². The van der Waals surface area contributed by atoms with Gasteiger partial charge in [0.25, 0.3) is 5.91 Å². The smallest absolute Gasteiger partial charge is 0.255 e. The van der Waals surface area contributed by atoms with Gasteiger partial charge in [0.1, 0.15) is 0 Å². The first-order valence-electron chi connectivity index (χ1n) is 8.40. The van der Waals surface area contributed by atoms with Crippen LogP contribution in [0.2, 0.25) is 0 Å². The third kappa shape index (κ3) is 3.22. The predicted octanol–water partition coefficient (Wildman–Crippen LogP) is 3.23. The molecule has 2 heterocycles. The minimum absolute atomic E-state index is 0.0515. The highest BCUT2D eigenvalue weighted by Gasteiger charge is 2.28. The molecule has 1 aliphatic heterocycles. The van der Waals surface area contributed by atoms with Crippen molar-refractivity contribution in [1.82, 2.24) is 9.88 Å². The number of pyridine rings is 1. The van der Waals surface area contributed by atoms with Crippen LogP contribution in [0, 0.1) is 13.8 Å². The van der Waals surface area contributed by atoms with Crippen LogP contribution in [0.4, 0.5) is 0 Å². The zero-order chi connectivity index (χ0) is 16.4. The molecule has 4 heteroatoms. The molecular weight excluding hydrogens is 288 g/mol. The fourth-order valence-electron chi connectivity index (χ4n) is 3.46. The summed E-state index contributed by atoms with van der Waals surface area (Å²) in [5, 5.41) is 10.3. The second-order valence-corrected chi connectivity index (χ2v) is 6.48. The van der Waals surface area contributed by atoms with Gasteiger partial charge in [-0.1, -0.05) is 12.1 Å². The summed E-state index contributed by atoms with van der Waals surface area (Å²) in [6, 6.07) is 8.23. The molecule has 1 unspecified atom stereocenters. The van der Waals surface area contributed by atoms with Gasteiger partial charge in [-0.15, -0.1) is 0 Å². The summed E-state index contributed by atoms with van der Waals surface area (Å²) in [4.78, 5) is 19.6. The molecule has 0 aliphatic carbocycles. The number of piperidine rings is 1. The van der Waals surface area contributed by atoms with Gasteiger partial charge < -0.3 is 10.0 Å². The molecular formula is C19H24N2O2. The maximum atomic E-state index is 13.0. The average Bonchev–Trinajstić information content (AvgIpc) is 2.54. The van der Waals surface area contributed by atoms with Gasteiger partial charge in [0.2, 0.25) is 0 Å². The first-order chi connectivity index (χ1) is 11.1. The number of aliphatic hydroxyl groups is 1. The van der Waals surface area contributed by atoms with Crippen LogP contribution in [-0.4, -0.2) is 40.1 Å². The number of aliphatic hydroxyl groups excluding tert-OH is 1. The zero-order valence-electron chi connectivity index (χ0n) is 13.9. The van der Waals surface area contributed by atoms with Crippen LogP contribution >= 0.6 is 0 Å². The van der Waals surface area contributed by atoms with Gasteiger partial charge in [-0.25, -0.2) is 0 Å². The Bertz CT molecular complexity index is 725. The van der Waals surface area contributed by atoms with Crippen LogP contribution in [0.25, 0.3) is 10.9 Å². The third-order valence-corrected chi connectivity index (χ3v) is 4.74. The Balaban J connectivity index is 1.96. The van der Waals surface area contributed by atoms with E-state index in [0.29, 0.717) is 12.0 Å². The number of nitrogens with zero attached hydrogens (tertiary/aromatic N) is 2. The Morgan fingerprint density at radius 3 is 2.91 bits per heavy atom. The van der Waals surface area contributed by atoms with Crippen LogP contribution in [0.1, 0.15) is 47.3 Å². The second kappa shape index (κ2) is 6.67. The number of hydrogen-bond donors (Lipinski definition) is 1. The highest BCUT2D eigenvalue weighted by Crippen LogP contribution is 2.24. The van der Waals surface area contributed by atoms with Crippen molar-refractivity contribution >= 4 is 16.8 Å². The van der Waals surface area contributed by atoms with Gasteiger partial charge in [0.15, 0.2) is 0 Å². The van der Waals surface area contributed by atoms with E-state index in [1.807, 2.05) is 43.0 Å². The first-order valence-corrected chi connectivity index (χ1v) is 8.40. The number of rotatable bonds is 3. The van der Waals surface area contributed by atoms with Crippen molar-refractivity contribution in [3.8, 4) is 0 Å². The lowest BCUT2D eigenvalue weighted by Gasteiger charge is -2.36. The summed E-state index contributed by atoms with van der Waals surface area (Å²) >= 11 is 0. The fourth-order valence-corrected chi connectivity index (χ4v) is 3.46. The molecule has 0 saturated carbocycles. The maximum Gasteiger partial charge on any atom is 0.255 e. The number of carbonyl (C=O) groups is 1. The summed E-state index contributed by atoms with van der Waals surface area (Å²) in [6.07, 6.45) is 3.80. The molecule has 3 rings (SSSR count). The molecule has 2 aromatic rings. The topological polar surface area (TPSA) is 53.4 Å². The van der Waals surface area contributed by atoms with Gasteiger partial charge in [-0.2, -0.15) is 0 Å². The van der Waals surface area contributed by atoms with Gasteiger partial charge in [-0.3, -0.25) is 9.78 Å². The largest absolute Gasteiger partial charge is 0.396 e. The Kier molecular flexibility index (Phi) is 4.62. The number of fused-ring (bicyclic) bond motifs is 1. The molecule has 1 amide bonds. The van der Waals surface area contributed by atoms with E-state index in [4.69, 9.17) is 0 Å². The lowest BCUT2D eigenvalue weighted by Crippen LogP contribution is -2.44. The number of hydrogen-bond acceptors (Lipinski definition) is 3. The molecule has 1 aromatic carbocycles. The Morgan fingerprint density at radius 2 is 2.13 bits per heavy atom. The molecule has 0 spiro atoms. The van der Waals surface area contributed by atoms with Gasteiger partial charge in [0, 0.05) is 24.6 Å². The number of aryl methyl sites for hydroxylation is 2. The Hall–Kier alpha value is -1.94. The second-order valence-electron chi connectivity index (χ2n) is 6.48. The van der Waals surface area contributed by atoms with E-state index < -0.39 is 0 Å². The molecule has 0 bridgehead atoms. The minimum Gasteiger partial charge on any atom is -0.396 e. The van der Waals surface area contributed by atoms with Crippen molar-refractivity contribution < 1.29 is 9.90 Å². The van der Waals surface area contributed by atoms with Crippen molar-refractivity contribution in [3.05, 3.63) is 41.1 Å². The van der Waals surface area contributed by atoms with E-state index in [0.717, 1.165) is 42.4 Å². The molecule has 1 N–H and O–H groups in total. The van der Waals surface area contributed by atoms with E-state index in [2.05, 4.69) is 4.98 Å². The molecule has 4 nitrogen and oxygen atoms in total. The number of aromatic nitrogens is 1. The average molecular weight is 312 g/mol. The summed E-state index contributed by atoms with van der Waals surface area (Å²) in [7, 11) is 0. The number of carbonyl (C=O) groups excluding carboxylic acids is 1. The van der Waals surface area contributed by atoms with Crippen LogP contribution in [-0.2, 0) is 0 Å². The summed E-state index contributed by atoms with van der Waals surface area (Å²) in [6.45, 7) is 4.85. The molecule has 1 aromatic heterocycles. The summed E-state index contributed by atoms with van der Waals surface area (Å²) < 4.78 is 0. The predicted molar refractivity (Wildman–Crippen MR) is 91.6 cm³/mol. The van der Waals surface area contributed by atoms with E-state index in [9.17, 15) is 9.90 Å². The quantitative estimate of drug-likeness (QED) is 0.946. The zero-order valence-corrected chi connectivity index (χ0v) is 13.9. The maximum absolute atomic E-state index is 13.0. The number of benzene rings is 1. The molecule has 23 heavy (non-hydrogen) atoms. The monoisotopic (exact) mass is 312 g/mol. The minimum atomic E-state index is 0.0515. The lowest BCUT2D eigenvalue weighted by atomic mass is 9.97. The highest BCUT2D eigenvalue weighted by atomic mass is 16.3. The number of amides is 1. The van der Waals surface area contributed by atoms with Crippen molar-refractivity contribution in [1.29, 1.82) is 0 Å². The molecule has 0 radical (unpaired) electrons. The van der Waals surface area contributed by atoms with Crippen LogP contribution in [0.5, 0.6) is 0 Å². The summed E-state index contributed by atoms with van der Waals surface area (Å²) in [5.74, 6) is 0.0515. The highest BCUT2D eigenvalue weighted by molar-refractivity contribution is 5.99. The molecule has 1 atom stereocenters. The van der Waals surface area contributed by atoms with Crippen molar-refractivity contribution in [2.45, 2.75) is 45.6 Å². The van der Waals surface area contributed by atoms with E-state index in [1.54, 1.807) is 0 Å². The van der Waals surface area contributed by atoms with Crippen LogP contribution in [0.15, 0.2) is 24.3 Å². The molecule has 122 valence electrons. The molecule has 1 fully saturated rings.